The maximum Gasteiger partial charge on any atom is 0.130 e. The van der Waals surface area contributed by atoms with Crippen LogP contribution in [0.25, 0.3) is 67.1 Å². The van der Waals surface area contributed by atoms with E-state index in [0.717, 1.165) is 44.6 Å². The molecule has 2 aromatic heterocycles. The van der Waals surface area contributed by atoms with E-state index in [4.69, 9.17) is 8.83 Å². The number of aryl methyl sites for hydroxylation is 2. The van der Waals surface area contributed by atoms with Gasteiger partial charge in [-0.2, -0.15) is 0 Å². The predicted molar refractivity (Wildman–Crippen MR) is 222 cm³/mol. The molecule has 0 spiro atoms. The second kappa shape index (κ2) is 12.9. The van der Waals surface area contributed by atoms with Crippen LogP contribution in [-0.4, -0.2) is 9.52 Å². The van der Waals surface area contributed by atoms with Crippen molar-refractivity contribution in [2.45, 2.75) is 37.8 Å². The molecule has 53 heavy (non-hydrogen) atoms. The Hall–Kier alpha value is -5.90. The van der Waals surface area contributed by atoms with E-state index in [1.807, 2.05) is 13.8 Å². The maximum atomic E-state index is 6.35. The van der Waals surface area contributed by atoms with E-state index in [1.165, 1.54) is 77.2 Å². The van der Waals surface area contributed by atoms with Crippen molar-refractivity contribution in [3.05, 3.63) is 191 Å². The largest absolute Gasteiger partial charge is 0.462 e. The Bertz CT molecular complexity index is 2560. The van der Waals surface area contributed by atoms with Gasteiger partial charge in [-0.3, -0.25) is 0 Å². The molecule has 6 aromatic carbocycles. The fraction of sp³-hybridized carbons (Fsp3) is 0.120. The van der Waals surface area contributed by atoms with E-state index in [-0.39, 0.29) is 11.8 Å². The summed E-state index contributed by atoms with van der Waals surface area (Å²) < 4.78 is 12.7. The minimum Gasteiger partial charge on any atom is -0.462 e. The number of hydrogen-bond acceptors (Lipinski definition) is 2. The van der Waals surface area contributed by atoms with Crippen LogP contribution < -0.4 is 0 Å². The molecule has 254 valence electrons. The van der Waals surface area contributed by atoms with Crippen LogP contribution in [0.4, 0.5) is 0 Å². The zero-order valence-electron chi connectivity index (χ0n) is 29.9. The van der Waals surface area contributed by atoms with Crippen molar-refractivity contribution in [2.75, 3.05) is 0 Å². The van der Waals surface area contributed by atoms with Gasteiger partial charge in [0.15, 0.2) is 0 Å². The second-order valence-corrected chi connectivity index (χ2v) is 15.8. The molecular formula is C50H38O2Si. The van der Waals surface area contributed by atoms with Gasteiger partial charge in [-0.1, -0.05) is 121 Å². The number of hydrogen-bond donors (Lipinski definition) is 0. The van der Waals surface area contributed by atoms with Crippen LogP contribution in [-0.2, 0) is 0 Å². The predicted octanol–water partition coefficient (Wildman–Crippen LogP) is 13.6. The van der Waals surface area contributed by atoms with Crippen molar-refractivity contribution < 1.29 is 8.83 Å². The lowest BCUT2D eigenvalue weighted by atomic mass is 9.90. The number of rotatable bonds is 8. The Morgan fingerprint density at radius 3 is 1.30 bits per heavy atom. The van der Waals surface area contributed by atoms with Crippen LogP contribution in [0.2, 0.25) is 12.1 Å². The SMILES string of the molecule is Cc1ccc(C2=Cc3c(-c4cccc5ccccc45)cccc3C2C[Si]CC2C(c3ccc(C)o3)=Cc3c(-c4cccc5ccccc45)cccc32)o1. The first-order valence-corrected chi connectivity index (χ1v) is 20.0. The highest BCUT2D eigenvalue weighted by Gasteiger charge is 2.33. The Kier molecular flexibility index (Phi) is 7.77. The molecule has 2 heterocycles. The zero-order valence-corrected chi connectivity index (χ0v) is 30.9. The standard InChI is InChI=1S/C50H38O2Si/c1-31-23-25-49(51-31)45-27-43-39(37-17-7-13-33-11-3-5-15-35(33)37)19-9-21-41(43)47(45)29-53-30-48-42-22-10-20-40(38-18-8-14-34-12-4-6-16-36(34)38)44(42)28-46(48)50-26-24-32(2)52-50/h3-28,47-48H,29-30H2,1-2H3. The summed E-state index contributed by atoms with van der Waals surface area (Å²) in [5.74, 6) is 4.36. The van der Waals surface area contributed by atoms with Crippen LogP contribution in [0, 0.1) is 13.8 Å². The molecule has 8 aromatic rings. The van der Waals surface area contributed by atoms with Crippen LogP contribution in [0.15, 0.2) is 154 Å². The van der Waals surface area contributed by atoms with Crippen molar-refractivity contribution in [1.82, 2.24) is 0 Å². The first kappa shape index (κ1) is 31.8. The summed E-state index contributed by atoms with van der Waals surface area (Å²) in [5, 5.41) is 5.10. The third-order valence-electron chi connectivity index (χ3n) is 11.3. The molecule has 0 N–H and O–H groups in total. The van der Waals surface area contributed by atoms with Gasteiger partial charge in [0.05, 0.1) is 0 Å². The summed E-state index contributed by atoms with van der Waals surface area (Å²) in [7, 11) is 0.730. The van der Waals surface area contributed by atoms with E-state index in [9.17, 15) is 0 Å². The van der Waals surface area contributed by atoms with Crippen LogP contribution in [0.3, 0.4) is 0 Å². The number of fused-ring (bicyclic) bond motifs is 4. The summed E-state index contributed by atoms with van der Waals surface area (Å²) in [6.45, 7) is 4.08. The third kappa shape index (κ3) is 5.46. The fourth-order valence-electron chi connectivity index (χ4n) is 8.81. The molecule has 2 radical (unpaired) electrons. The van der Waals surface area contributed by atoms with E-state index in [1.54, 1.807) is 0 Å². The van der Waals surface area contributed by atoms with Gasteiger partial charge in [0.1, 0.15) is 23.0 Å². The summed E-state index contributed by atoms with van der Waals surface area (Å²) in [6.07, 6.45) is 4.83. The minimum atomic E-state index is 0.255. The van der Waals surface area contributed by atoms with Crippen LogP contribution >= 0.6 is 0 Å². The van der Waals surface area contributed by atoms with Crippen molar-refractivity contribution in [2.24, 2.45) is 0 Å². The molecule has 3 heteroatoms. The van der Waals surface area contributed by atoms with Crippen LogP contribution in [0.1, 0.15) is 57.1 Å². The highest BCUT2D eigenvalue weighted by atomic mass is 28.2. The van der Waals surface area contributed by atoms with Crippen molar-refractivity contribution in [1.29, 1.82) is 0 Å². The molecule has 2 nitrogen and oxygen atoms in total. The Morgan fingerprint density at radius 1 is 0.434 bits per heavy atom. The number of furan rings is 2. The molecule has 0 bridgehead atoms. The molecule has 10 rings (SSSR count). The molecular weight excluding hydrogens is 661 g/mol. The maximum absolute atomic E-state index is 6.35. The van der Waals surface area contributed by atoms with Crippen molar-refractivity contribution in [3.8, 4) is 22.3 Å². The van der Waals surface area contributed by atoms with E-state index in [0.29, 0.717) is 0 Å². The van der Waals surface area contributed by atoms with Gasteiger partial charge >= 0.3 is 0 Å². The fourth-order valence-corrected chi connectivity index (χ4v) is 10.4. The smallest absolute Gasteiger partial charge is 0.130 e. The van der Waals surface area contributed by atoms with E-state index >= 15 is 0 Å². The normalized spacial score (nSPS) is 16.2. The highest BCUT2D eigenvalue weighted by Crippen LogP contribution is 2.51. The lowest BCUT2D eigenvalue weighted by molar-refractivity contribution is 0.518. The van der Waals surface area contributed by atoms with Crippen molar-refractivity contribution in [3.63, 3.8) is 0 Å². The Morgan fingerprint density at radius 2 is 0.849 bits per heavy atom. The van der Waals surface area contributed by atoms with Crippen LogP contribution in [0.5, 0.6) is 0 Å². The summed E-state index contributed by atoms with van der Waals surface area (Å²) in [4.78, 5) is 0. The van der Waals surface area contributed by atoms with Gasteiger partial charge in [-0.05, 0) is 128 Å². The van der Waals surface area contributed by atoms with Gasteiger partial charge in [-0.25, -0.2) is 0 Å². The third-order valence-corrected chi connectivity index (χ3v) is 12.7. The molecule has 0 saturated heterocycles. The molecule has 2 aliphatic rings. The van der Waals surface area contributed by atoms with Crippen molar-refractivity contribution >= 4 is 54.4 Å². The Balaban J connectivity index is 1.02. The second-order valence-electron chi connectivity index (χ2n) is 14.5. The average Bonchev–Trinajstić information content (AvgIpc) is 4.00. The Labute approximate surface area is 313 Å². The topological polar surface area (TPSA) is 26.3 Å². The molecule has 2 atom stereocenters. The lowest BCUT2D eigenvalue weighted by Gasteiger charge is -2.20. The first-order chi connectivity index (χ1) is 26.1. The lowest BCUT2D eigenvalue weighted by Crippen LogP contribution is -2.07. The van der Waals surface area contributed by atoms with Gasteiger partial charge in [0.25, 0.3) is 0 Å². The molecule has 0 fully saturated rings. The summed E-state index contributed by atoms with van der Waals surface area (Å²) in [6, 6.07) is 55.1. The summed E-state index contributed by atoms with van der Waals surface area (Å²) in [5.41, 5.74) is 13.1. The number of allylic oxidation sites excluding steroid dienone is 2. The molecule has 0 saturated carbocycles. The summed E-state index contributed by atoms with van der Waals surface area (Å²) >= 11 is 0. The minimum absolute atomic E-state index is 0.255. The van der Waals surface area contributed by atoms with Gasteiger partial charge in [-0.15, -0.1) is 0 Å². The molecule has 0 aliphatic heterocycles. The van der Waals surface area contributed by atoms with Gasteiger partial charge in [0.2, 0.25) is 0 Å². The molecule has 2 aliphatic carbocycles. The highest BCUT2D eigenvalue weighted by molar-refractivity contribution is 6.37. The van der Waals surface area contributed by atoms with Gasteiger partial charge < -0.3 is 8.83 Å². The molecule has 0 amide bonds. The molecule has 2 unspecified atom stereocenters. The number of benzene rings is 6. The first-order valence-electron chi connectivity index (χ1n) is 18.6. The zero-order chi connectivity index (χ0) is 35.5. The van der Waals surface area contributed by atoms with E-state index < -0.39 is 0 Å². The average molecular weight is 699 g/mol. The van der Waals surface area contributed by atoms with Gasteiger partial charge in [0, 0.05) is 32.5 Å². The quantitative estimate of drug-likeness (QED) is 0.148. The van der Waals surface area contributed by atoms with E-state index in [2.05, 4.69) is 158 Å². The monoisotopic (exact) mass is 698 g/mol.